The molecule has 1 aliphatic rings. The number of aryl methyl sites for hydroxylation is 2. The molecule has 1 aromatic heterocycles. The van der Waals surface area contributed by atoms with Crippen molar-refractivity contribution in [3.8, 4) is 5.88 Å². The smallest absolute Gasteiger partial charge is 0.422 e. The average Bonchev–Trinajstić information content (AvgIpc) is 2.61. The Labute approximate surface area is 122 Å². The number of alkyl halides is 3. The molecule has 1 aromatic rings. The molecule has 5 nitrogen and oxygen atoms in total. The van der Waals surface area contributed by atoms with Crippen LogP contribution in [0, 0.1) is 6.92 Å². The molecule has 0 aliphatic carbocycles. The second-order valence-corrected chi connectivity index (χ2v) is 5.49. The van der Waals surface area contributed by atoms with Gasteiger partial charge in [-0.2, -0.15) is 18.3 Å². The number of halogens is 3. The van der Waals surface area contributed by atoms with Crippen LogP contribution in [0.25, 0.3) is 0 Å². The van der Waals surface area contributed by atoms with Gasteiger partial charge in [-0.05, 0) is 13.8 Å². The van der Waals surface area contributed by atoms with Crippen molar-refractivity contribution < 1.29 is 17.9 Å². The minimum absolute atomic E-state index is 0.205. The van der Waals surface area contributed by atoms with E-state index in [1.54, 1.807) is 14.0 Å². The second kappa shape index (κ2) is 6.23. The Morgan fingerprint density at radius 2 is 2.14 bits per heavy atom. The van der Waals surface area contributed by atoms with Gasteiger partial charge in [0.05, 0.1) is 11.3 Å². The molecule has 0 saturated carbocycles. The predicted molar refractivity (Wildman–Crippen MR) is 72.2 cm³/mol. The van der Waals surface area contributed by atoms with E-state index in [1.807, 2.05) is 0 Å². The van der Waals surface area contributed by atoms with Crippen LogP contribution >= 0.6 is 0 Å². The van der Waals surface area contributed by atoms with Gasteiger partial charge in [0, 0.05) is 39.3 Å². The lowest BCUT2D eigenvalue weighted by Gasteiger charge is -2.31. The molecule has 1 fully saturated rings. The van der Waals surface area contributed by atoms with Crippen LogP contribution in [-0.2, 0) is 13.6 Å². The Hall–Kier alpha value is -1.28. The van der Waals surface area contributed by atoms with Crippen LogP contribution in [0.4, 0.5) is 13.2 Å². The van der Waals surface area contributed by atoms with E-state index < -0.39 is 12.8 Å². The molecule has 0 aromatic carbocycles. The van der Waals surface area contributed by atoms with Gasteiger partial charge in [0.25, 0.3) is 0 Å². The molecule has 1 saturated heterocycles. The summed E-state index contributed by atoms with van der Waals surface area (Å²) in [5, 5.41) is 7.51. The molecule has 1 N–H and O–H groups in total. The summed E-state index contributed by atoms with van der Waals surface area (Å²) in [6, 6.07) is 0.371. The van der Waals surface area contributed by atoms with Crippen molar-refractivity contribution in [2.24, 2.45) is 7.05 Å². The quantitative estimate of drug-likeness (QED) is 0.914. The minimum atomic E-state index is -4.35. The maximum atomic E-state index is 12.3. The minimum Gasteiger partial charge on any atom is -0.468 e. The molecular formula is C13H21F3N4O. The Morgan fingerprint density at radius 1 is 1.43 bits per heavy atom. The number of aromatic nitrogens is 2. The summed E-state index contributed by atoms with van der Waals surface area (Å²) in [7, 11) is 1.60. The van der Waals surface area contributed by atoms with Crippen molar-refractivity contribution in [2.45, 2.75) is 32.6 Å². The van der Waals surface area contributed by atoms with Crippen molar-refractivity contribution in [3.05, 3.63) is 11.3 Å². The fourth-order valence-electron chi connectivity index (χ4n) is 2.57. The van der Waals surface area contributed by atoms with Gasteiger partial charge in [0.1, 0.15) is 0 Å². The van der Waals surface area contributed by atoms with Gasteiger partial charge in [0.2, 0.25) is 5.88 Å². The molecule has 21 heavy (non-hydrogen) atoms. The summed E-state index contributed by atoms with van der Waals surface area (Å²) in [4.78, 5) is 2.20. The van der Waals surface area contributed by atoms with Crippen LogP contribution in [0.3, 0.4) is 0 Å². The van der Waals surface area contributed by atoms with E-state index in [-0.39, 0.29) is 5.88 Å². The highest BCUT2D eigenvalue weighted by Gasteiger charge is 2.30. The second-order valence-electron chi connectivity index (χ2n) is 5.49. The lowest BCUT2D eigenvalue weighted by Crippen LogP contribution is -2.48. The van der Waals surface area contributed by atoms with Gasteiger partial charge in [-0.3, -0.25) is 4.90 Å². The van der Waals surface area contributed by atoms with Crippen LogP contribution < -0.4 is 10.1 Å². The summed E-state index contributed by atoms with van der Waals surface area (Å²) in [6.45, 7) is 5.73. The first-order valence-corrected chi connectivity index (χ1v) is 6.94. The van der Waals surface area contributed by atoms with Gasteiger partial charge in [-0.15, -0.1) is 0 Å². The zero-order chi connectivity index (χ0) is 15.6. The number of piperazine rings is 1. The topological polar surface area (TPSA) is 42.3 Å². The molecule has 8 heteroatoms. The number of nitrogens with one attached hydrogen (secondary N) is 1. The first-order valence-electron chi connectivity index (χ1n) is 6.94. The maximum absolute atomic E-state index is 12.3. The molecule has 1 aliphatic heterocycles. The van der Waals surface area contributed by atoms with E-state index in [0.717, 1.165) is 25.2 Å². The molecule has 2 rings (SSSR count). The Balaban J connectivity index is 2.10. The lowest BCUT2D eigenvalue weighted by atomic mass is 10.2. The molecule has 0 unspecified atom stereocenters. The van der Waals surface area contributed by atoms with Crippen LogP contribution in [0.1, 0.15) is 18.2 Å². The van der Waals surface area contributed by atoms with Crippen LogP contribution in [0.5, 0.6) is 5.88 Å². The standard InChI is InChI=1S/C13H21F3N4O/c1-9-6-20(5-4-17-9)7-11-10(2)18-19(3)12(11)21-8-13(14,15)16/h9,17H,4-8H2,1-3H3/t9-/m0/s1. The van der Waals surface area contributed by atoms with Crippen LogP contribution in [-0.4, -0.2) is 53.1 Å². The molecule has 0 bridgehead atoms. The summed E-state index contributed by atoms with van der Waals surface area (Å²) < 4.78 is 43.4. The van der Waals surface area contributed by atoms with Crippen molar-refractivity contribution in [2.75, 3.05) is 26.2 Å². The molecule has 1 atom stereocenters. The Morgan fingerprint density at radius 3 is 2.76 bits per heavy atom. The Bertz CT molecular complexity index is 486. The zero-order valence-corrected chi connectivity index (χ0v) is 12.5. The fraction of sp³-hybridized carbons (Fsp3) is 0.769. The summed E-state index contributed by atoms with van der Waals surface area (Å²) in [5.41, 5.74) is 1.44. The van der Waals surface area contributed by atoms with E-state index in [2.05, 4.69) is 22.2 Å². The molecule has 120 valence electrons. The van der Waals surface area contributed by atoms with Gasteiger partial charge in [-0.25, -0.2) is 4.68 Å². The summed E-state index contributed by atoms with van der Waals surface area (Å²) in [6.07, 6.45) is -4.35. The van der Waals surface area contributed by atoms with Gasteiger partial charge in [-0.1, -0.05) is 0 Å². The first kappa shape index (κ1) is 16.1. The lowest BCUT2D eigenvalue weighted by molar-refractivity contribution is -0.154. The molecular weight excluding hydrogens is 285 g/mol. The predicted octanol–water partition coefficient (Wildman–Crippen LogP) is 1.46. The molecule has 2 heterocycles. The number of hydrogen-bond donors (Lipinski definition) is 1. The van der Waals surface area contributed by atoms with Crippen molar-refractivity contribution in [1.29, 1.82) is 0 Å². The van der Waals surface area contributed by atoms with E-state index in [9.17, 15) is 13.2 Å². The van der Waals surface area contributed by atoms with Crippen molar-refractivity contribution >= 4 is 0 Å². The monoisotopic (exact) mass is 306 g/mol. The maximum Gasteiger partial charge on any atom is 0.422 e. The summed E-state index contributed by atoms with van der Waals surface area (Å²) in [5.74, 6) is 0.205. The fourth-order valence-corrected chi connectivity index (χ4v) is 2.57. The molecule has 0 radical (unpaired) electrons. The van der Waals surface area contributed by atoms with Crippen molar-refractivity contribution in [3.63, 3.8) is 0 Å². The largest absolute Gasteiger partial charge is 0.468 e. The van der Waals surface area contributed by atoms with Crippen molar-refractivity contribution in [1.82, 2.24) is 20.0 Å². The highest BCUT2D eigenvalue weighted by atomic mass is 19.4. The summed E-state index contributed by atoms with van der Waals surface area (Å²) >= 11 is 0. The van der Waals surface area contributed by atoms with E-state index in [0.29, 0.717) is 18.3 Å². The third-order valence-corrected chi connectivity index (χ3v) is 3.50. The SMILES string of the molecule is Cc1nn(C)c(OCC(F)(F)F)c1CN1CCN[C@@H](C)C1. The van der Waals surface area contributed by atoms with Gasteiger partial charge >= 0.3 is 6.18 Å². The van der Waals surface area contributed by atoms with Gasteiger partial charge < -0.3 is 10.1 Å². The zero-order valence-electron chi connectivity index (χ0n) is 12.5. The number of ether oxygens (including phenoxy) is 1. The van der Waals surface area contributed by atoms with Gasteiger partial charge in [0.15, 0.2) is 6.61 Å². The third kappa shape index (κ3) is 4.34. The average molecular weight is 306 g/mol. The van der Waals surface area contributed by atoms with E-state index >= 15 is 0 Å². The highest BCUT2D eigenvalue weighted by molar-refractivity contribution is 5.31. The normalized spacial score (nSPS) is 20.8. The number of hydrogen-bond acceptors (Lipinski definition) is 4. The molecule has 0 amide bonds. The van der Waals surface area contributed by atoms with Crippen LogP contribution in [0.15, 0.2) is 0 Å². The first-order chi connectivity index (χ1) is 9.76. The number of nitrogens with zero attached hydrogens (tertiary/aromatic N) is 3. The highest BCUT2D eigenvalue weighted by Crippen LogP contribution is 2.26. The third-order valence-electron chi connectivity index (χ3n) is 3.50. The molecule has 0 spiro atoms. The van der Waals surface area contributed by atoms with Crippen LogP contribution in [0.2, 0.25) is 0 Å². The van der Waals surface area contributed by atoms with E-state index in [1.165, 1.54) is 4.68 Å². The Kier molecular flexibility index (Phi) is 4.77. The van der Waals surface area contributed by atoms with E-state index in [4.69, 9.17) is 4.74 Å². The number of rotatable bonds is 4.